The van der Waals surface area contributed by atoms with Crippen LogP contribution in [0.3, 0.4) is 0 Å². The summed E-state index contributed by atoms with van der Waals surface area (Å²) in [4.78, 5) is 11.8. The van der Waals surface area contributed by atoms with Crippen LogP contribution in [-0.2, 0) is 4.79 Å². The highest BCUT2D eigenvalue weighted by atomic mass is 16.1. The van der Waals surface area contributed by atoms with Gasteiger partial charge >= 0.3 is 0 Å². The molecule has 0 spiro atoms. The van der Waals surface area contributed by atoms with Gasteiger partial charge in [0.1, 0.15) is 5.78 Å². The highest BCUT2D eigenvalue weighted by Gasteiger charge is 2.17. The lowest BCUT2D eigenvalue weighted by Crippen LogP contribution is -2.24. The number of nitrogens with two attached hydrogens (primary N) is 1. The van der Waals surface area contributed by atoms with Gasteiger partial charge in [0.05, 0.1) is 0 Å². The van der Waals surface area contributed by atoms with Crippen molar-refractivity contribution in [3.05, 3.63) is 0 Å². The van der Waals surface area contributed by atoms with Crippen LogP contribution in [0.2, 0.25) is 0 Å². The maximum atomic E-state index is 11.8. The number of carbonyl (C=O) groups excluding carboxylic acids is 1. The van der Waals surface area contributed by atoms with Crippen LogP contribution in [0.25, 0.3) is 0 Å². The third-order valence-corrected chi connectivity index (χ3v) is 2.71. The lowest BCUT2D eigenvalue weighted by atomic mass is 9.90. The van der Waals surface area contributed by atoms with Crippen LogP contribution in [0.4, 0.5) is 0 Å². The first kappa shape index (κ1) is 13.6. The van der Waals surface area contributed by atoms with Gasteiger partial charge in [-0.25, -0.2) is 0 Å². The van der Waals surface area contributed by atoms with Crippen molar-refractivity contribution in [1.82, 2.24) is 0 Å². The minimum atomic E-state index is 0.110. The minimum Gasteiger partial charge on any atom is -0.330 e. The lowest BCUT2D eigenvalue weighted by molar-refractivity contribution is -0.123. The Morgan fingerprint density at radius 2 is 1.79 bits per heavy atom. The number of hydrogen-bond donors (Lipinski definition) is 1. The van der Waals surface area contributed by atoms with E-state index in [1.165, 1.54) is 0 Å². The van der Waals surface area contributed by atoms with Crippen molar-refractivity contribution in [2.45, 2.75) is 52.9 Å². The van der Waals surface area contributed by atoms with Crippen molar-refractivity contribution >= 4 is 5.78 Å². The molecule has 84 valence electrons. The largest absolute Gasteiger partial charge is 0.330 e. The topological polar surface area (TPSA) is 43.1 Å². The van der Waals surface area contributed by atoms with E-state index in [1.807, 2.05) is 0 Å². The fourth-order valence-corrected chi connectivity index (χ4v) is 1.86. The summed E-state index contributed by atoms with van der Waals surface area (Å²) in [5.74, 6) is 1.01. The van der Waals surface area contributed by atoms with Gasteiger partial charge in [0, 0.05) is 18.9 Å². The molecule has 0 aliphatic rings. The molecule has 0 aromatic heterocycles. The van der Waals surface area contributed by atoms with Crippen LogP contribution in [-0.4, -0.2) is 12.3 Å². The molecule has 0 heterocycles. The molecule has 2 nitrogen and oxygen atoms in total. The monoisotopic (exact) mass is 199 g/mol. The highest BCUT2D eigenvalue weighted by molar-refractivity contribution is 5.81. The molecular formula is C12H25NO. The van der Waals surface area contributed by atoms with E-state index in [9.17, 15) is 4.79 Å². The Labute approximate surface area is 88.3 Å². The molecule has 0 aromatic carbocycles. The predicted octanol–water partition coefficient (Wildman–Crippen LogP) is 2.76. The summed E-state index contributed by atoms with van der Waals surface area (Å²) >= 11 is 0. The summed E-state index contributed by atoms with van der Waals surface area (Å²) in [7, 11) is 0. The quantitative estimate of drug-likeness (QED) is 0.653. The van der Waals surface area contributed by atoms with Crippen LogP contribution in [0.15, 0.2) is 0 Å². The molecule has 0 aliphatic heterocycles. The Kier molecular flexibility index (Phi) is 7.77. The molecule has 0 bridgehead atoms. The zero-order chi connectivity index (χ0) is 11.0. The predicted molar refractivity (Wildman–Crippen MR) is 61.1 cm³/mol. The van der Waals surface area contributed by atoms with Crippen molar-refractivity contribution in [2.75, 3.05) is 6.54 Å². The third-order valence-electron chi connectivity index (χ3n) is 2.71. The van der Waals surface area contributed by atoms with E-state index >= 15 is 0 Å². The van der Waals surface area contributed by atoms with Gasteiger partial charge in [0.2, 0.25) is 0 Å². The van der Waals surface area contributed by atoms with Gasteiger partial charge in [-0.2, -0.15) is 0 Å². The molecular weight excluding hydrogens is 174 g/mol. The molecule has 0 aromatic rings. The van der Waals surface area contributed by atoms with Gasteiger partial charge in [0.25, 0.3) is 0 Å². The van der Waals surface area contributed by atoms with E-state index in [0.29, 0.717) is 18.2 Å². The summed E-state index contributed by atoms with van der Waals surface area (Å²) < 4.78 is 0. The van der Waals surface area contributed by atoms with E-state index < -0.39 is 0 Å². The molecule has 2 heteroatoms. The number of Topliss-reactive ketones (excluding diaryl/α,β-unsaturated/α-hetero) is 1. The van der Waals surface area contributed by atoms with E-state index in [-0.39, 0.29) is 5.92 Å². The Morgan fingerprint density at radius 1 is 1.21 bits per heavy atom. The molecule has 0 saturated heterocycles. The van der Waals surface area contributed by atoms with Gasteiger partial charge in [-0.15, -0.1) is 0 Å². The lowest BCUT2D eigenvalue weighted by Gasteiger charge is -2.15. The van der Waals surface area contributed by atoms with E-state index in [4.69, 9.17) is 5.73 Å². The second kappa shape index (κ2) is 7.98. The molecule has 0 fully saturated rings. The average molecular weight is 199 g/mol. The molecule has 2 atom stereocenters. The van der Waals surface area contributed by atoms with E-state index in [0.717, 1.165) is 32.1 Å². The summed E-state index contributed by atoms with van der Waals surface area (Å²) in [5, 5.41) is 0. The molecule has 2 N–H and O–H groups in total. The summed E-state index contributed by atoms with van der Waals surface area (Å²) in [6, 6.07) is 0. The maximum absolute atomic E-state index is 11.8. The molecule has 0 rings (SSSR count). The van der Waals surface area contributed by atoms with Crippen molar-refractivity contribution < 1.29 is 4.79 Å². The smallest absolute Gasteiger partial charge is 0.137 e. The van der Waals surface area contributed by atoms with Crippen LogP contribution in [0.1, 0.15) is 52.9 Å². The highest BCUT2D eigenvalue weighted by Crippen LogP contribution is 2.16. The summed E-state index contributed by atoms with van der Waals surface area (Å²) in [6.45, 7) is 6.94. The van der Waals surface area contributed by atoms with Crippen LogP contribution >= 0.6 is 0 Å². The second-order valence-electron chi connectivity index (χ2n) is 4.29. The van der Waals surface area contributed by atoms with Crippen LogP contribution in [0.5, 0.6) is 0 Å². The standard InChI is InChI=1S/C12H25NO/c1-4-6-10(3)8-12(14)11(9-13)7-5-2/h10-11H,4-9,13H2,1-3H3. The van der Waals surface area contributed by atoms with Gasteiger partial charge in [0.15, 0.2) is 0 Å². The molecule has 14 heavy (non-hydrogen) atoms. The molecule has 0 aliphatic carbocycles. The van der Waals surface area contributed by atoms with Crippen molar-refractivity contribution in [2.24, 2.45) is 17.6 Å². The summed E-state index contributed by atoms with van der Waals surface area (Å²) in [5.41, 5.74) is 5.59. The SMILES string of the molecule is CCCC(C)CC(=O)C(CN)CCC. The second-order valence-corrected chi connectivity index (χ2v) is 4.29. The van der Waals surface area contributed by atoms with Crippen molar-refractivity contribution in [3.8, 4) is 0 Å². The van der Waals surface area contributed by atoms with Gasteiger partial charge in [-0.05, 0) is 12.3 Å². The fourth-order valence-electron chi connectivity index (χ4n) is 1.86. The van der Waals surface area contributed by atoms with Gasteiger partial charge in [-0.3, -0.25) is 4.79 Å². The number of carbonyl (C=O) groups is 1. The Balaban J connectivity index is 3.90. The molecule has 0 radical (unpaired) electrons. The van der Waals surface area contributed by atoms with Gasteiger partial charge < -0.3 is 5.73 Å². The van der Waals surface area contributed by atoms with Crippen LogP contribution < -0.4 is 5.73 Å². The Bertz CT molecular complexity index is 156. The van der Waals surface area contributed by atoms with Crippen molar-refractivity contribution in [3.63, 3.8) is 0 Å². The Hall–Kier alpha value is -0.370. The summed E-state index contributed by atoms with van der Waals surface area (Å²) in [6.07, 6.45) is 5.03. The number of hydrogen-bond acceptors (Lipinski definition) is 2. The van der Waals surface area contributed by atoms with Crippen LogP contribution in [0, 0.1) is 11.8 Å². The normalized spacial score (nSPS) is 15.1. The van der Waals surface area contributed by atoms with Crippen molar-refractivity contribution in [1.29, 1.82) is 0 Å². The number of rotatable bonds is 8. The number of ketones is 1. The zero-order valence-electron chi connectivity index (χ0n) is 9.88. The Morgan fingerprint density at radius 3 is 2.21 bits per heavy atom. The maximum Gasteiger partial charge on any atom is 0.137 e. The molecule has 0 saturated carbocycles. The van der Waals surface area contributed by atoms with Gasteiger partial charge in [-0.1, -0.05) is 40.0 Å². The fraction of sp³-hybridized carbons (Fsp3) is 0.917. The first-order chi connectivity index (χ1) is 6.65. The van der Waals surface area contributed by atoms with E-state index in [2.05, 4.69) is 20.8 Å². The first-order valence-electron chi connectivity index (χ1n) is 5.88. The molecule has 0 amide bonds. The minimum absolute atomic E-state index is 0.110. The molecule has 2 unspecified atom stereocenters. The average Bonchev–Trinajstić information content (AvgIpc) is 2.14. The first-order valence-corrected chi connectivity index (χ1v) is 5.88. The third kappa shape index (κ3) is 5.38. The van der Waals surface area contributed by atoms with E-state index in [1.54, 1.807) is 0 Å². The zero-order valence-corrected chi connectivity index (χ0v) is 9.88.